The molecule has 0 atom stereocenters. The largest absolute Gasteiger partial charge is 0.342 e. The summed E-state index contributed by atoms with van der Waals surface area (Å²) < 4.78 is 15.6. The van der Waals surface area contributed by atoms with Gasteiger partial charge in [-0.05, 0) is 35.4 Å². The normalized spacial score (nSPS) is 11.2. The van der Waals surface area contributed by atoms with Gasteiger partial charge in [-0.1, -0.05) is 60.1 Å². The maximum atomic E-state index is 13.4. The van der Waals surface area contributed by atoms with E-state index < -0.39 is 0 Å². The number of rotatable bonds is 5. The Kier molecular flexibility index (Phi) is 5.00. The van der Waals surface area contributed by atoms with Crippen molar-refractivity contribution in [2.24, 2.45) is 0 Å². The van der Waals surface area contributed by atoms with E-state index in [2.05, 4.69) is 35.0 Å². The van der Waals surface area contributed by atoms with Crippen molar-refractivity contribution in [2.75, 3.05) is 0 Å². The molecule has 4 heteroatoms. The van der Waals surface area contributed by atoms with E-state index in [-0.39, 0.29) is 5.82 Å². The van der Waals surface area contributed by atoms with Gasteiger partial charge in [0.05, 0.1) is 0 Å². The fourth-order valence-electron chi connectivity index (χ4n) is 3.06. The average Bonchev–Trinajstić information content (AvgIpc) is 3.00. The number of aromatic nitrogens is 1. The van der Waals surface area contributed by atoms with Crippen LogP contribution in [0.2, 0.25) is 5.02 Å². The Hall–Kier alpha value is -2.23. The maximum Gasteiger partial charge on any atom is 0.123 e. The Morgan fingerprint density at radius 3 is 2.58 bits per heavy atom. The second-order valence-electron chi connectivity index (χ2n) is 6.15. The molecule has 1 nitrogen and oxygen atoms in total. The van der Waals surface area contributed by atoms with Crippen LogP contribution in [0.5, 0.6) is 0 Å². The molecule has 130 valence electrons. The highest BCUT2D eigenvalue weighted by molar-refractivity contribution is 7.98. The minimum absolute atomic E-state index is 0.191. The monoisotopic (exact) mass is 381 g/mol. The standard InChI is InChI=1S/C22H17ClFNS/c23-20-10-3-1-7-17(20)13-25-14-22(19-9-2-4-11-21(19)25)26-15-16-6-5-8-18(24)12-16/h1-12,14H,13,15H2. The molecule has 4 rings (SSSR count). The van der Waals surface area contributed by atoms with Crippen molar-refractivity contribution in [3.8, 4) is 0 Å². The second kappa shape index (κ2) is 7.56. The molecule has 0 saturated heterocycles. The first kappa shape index (κ1) is 17.2. The molecule has 1 heterocycles. The van der Waals surface area contributed by atoms with Gasteiger partial charge in [0.2, 0.25) is 0 Å². The van der Waals surface area contributed by atoms with E-state index in [1.807, 2.05) is 30.3 Å². The highest BCUT2D eigenvalue weighted by Crippen LogP contribution is 2.33. The van der Waals surface area contributed by atoms with Gasteiger partial charge in [0.15, 0.2) is 0 Å². The van der Waals surface area contributed by atoms with Crippen molar-refractivity contribution in [2.45, 2.75) is 17.2 Å². The predicted molar refractivity (Wildman–Crippen MR) is 108 cm³/mol. The van der Waals surface area contributed by atoms with Crippen molar-refractivity contribution in [1.82, 2.24) is 4.57 Å². The molecule has 0 aliphatic heterocycles. The van der Waals surface area contributed by atoms with Crippen LogP contribution in [-0.4, -0.2) is 4.57 Å². The Balaban J connectivity index is 1.64. The fourth-order valence-corrected chi connectivity index (χ4v) is 4.28. The van der Waals surface area contributed by atoms with Gasteiger partial charge in [-0.3, -0.25) is 0 Å². The third-order valence-corrected chi connectivity index (χ3v) is 5.82. The molecular weight excluding hydrogens is 365 g/mol. The minimum Gasteiger partial charge on any atom is -0.342 e. The van der Waals surface area contributed by atoms with Crippen LogP contribution in [0.25, 0.3) is 10.9 Å². The third-order valence-electron chi connectivity index (χ3n) is 4.33. The summed E-state index contributed by atoms with van der Waals surface area (Å²) in [5.41, 5.74) is 3.25. The lowest BCUT2D eigenvalue weighted by molar-refractivity contribution is 0.626. The molecule has 0 saturated carbocycles. The number of hydrogen-bond acceptors (Lipinski definition) is 1. The number of benzene rings is 3. The predicted octanol–water partition coefficient (Wildman–Crippen LogP) is 6.77. The van der Waals surface area contributed by atoms with Crippen molar-refractivity contribution >= 4 is 34.3 Å². The molecule has 26 heavy (non-hydrogen) atoms. The summed E-state index contributed by atoms with van der Waals surface area (Å²) in [6.45, 7) is 0.723. The van der Waals surface area contributed by atoms with Gasteiger partial charge in [0.1, 0.15) is 5.82 Å². The summed E-state index contributed by atoms with van der Waals surface area (Å²) in [6.07, 6.45) is 2.16. The molecule has 0 aliphatic rings. The van der Waals surface area contributed by atoms with Crippen LogP contribution in [0.3, 0.4) is 0 Å². The zero-order valence-electron chi connectivity index (χ0n) is 14.0. The Bertz CT molecular complexity index is 1060. The first-order valence-electron chi connectivity index (χ1n) is 8.39. The summed E-state index contributed by atoms with van der Waals surface area (Å²) in [4.78, 5) is 1.19. The Labute approximate surface area is 161 Å². The lowest BCUT2D eigenvalue weighted by Gasteiger charge is -2.07. The zero-order chi connectivity index (χ0) is 17.9. The van der Waals surface area contributed by atoms with E-state index >= 15 is 0 Å². The molecule has 0 bridgehead atoms. The van der Waals surface area contributed by atoms with E-state index in [9.17, 15) is 4.39 Å². The van der Waals surface area contributed by atoms with Gasteiger partial charge in [-0.15, -0.1) is 11.8 Å². The topological polar surface area (TPSA) is 4.93 Å². The van der Waals surface area contributed by atoms with Crippen LogP contribution in [0, 0.1) is 5.82 Å². The first-order valence-corrected chi connectivity index (χ1v) is 9.75. The van der Waals surface area contributed by atoms with Gasteiger partial charge in [-0.2, -0.15) is 0 Å². The van der Waals surface area contributed by atoms with Crippen molar-refractivity contribution in [3.05, 3.63) is 101 Å². The average molecular weight is 382 g/mol. The summed E-state index contributed by atoms with van der Waals surface area (Å²) >= 11 is 8.06. The summed E-state index contributed by atoms with van der Waals surface area (Å²) in [5.74, 6) is 0.543. The third kappa shape index (κ3) is 3.64. The number of hydrogen-bond donors (Lipinski definition) is 0. The summed E-state index contributed by atoms with van der Waals surface area (Å²) in [5, 5.41) is 1.99. The van der Waals surface area contributed by atoms with Gasteiger partial charge < -0.3 is 4.57 Å². The van der Waals surface area contributed by atoms with Gasteiger partial charge in [0.25, 0.3) is 0 Å². The van der Waals surface area contributed by atoms with Crippen LogP contribution >= 0.6 is 23.4 Å². The van der Waals surface area contributed by atoms with Crippen molar-refractivity contribution in [3.63, 3.8) is 0 Å². The molecule has 0 N–H and O–H groups in total. The molecule has 0 unspecified atom stereocenters. The molecule has 0 amide bonds. The van der Waals surface area contributed by atoms with Crippen LogP contribution in [0.1, 0.15) is 11.1 Å². The van der Waals surface area contributed by atoms with E-state index in [0.29, 0.717) is 0 Å². The minimum atomic E-state index is -0.191. The maximum absolute atomic E-state index is 13.4. The smallest absolute Gasteiger partial charge is 0.123 e. The number of para-hydroxylation sites is 1. The first-order chi connectivity index (χ1) is 12.7. The van der Waals surface area contributed by atoms with Crippen LogP contribution in [0.4, 0.5) is 4.39 Å². The lowest BCUT2D eigenvalue weighted by Crippen LogP contribution is -1.98. The summed E-state index contributed by atoms with van der Waals surface area (Å²) in [7, 11) is 0. The molecule has 0 fully saturated rings. The van der Waals surface area contributed by atoms with E-state index in [1.165, 1.54) is 21.9 Å². The highest BCUT2D eigenvalue weighted by Gasteiger charge is 2.10. The molecule has 1 aromatic heterocycles. The molecule has 3 aromatic carbocycles. The number of fused-ring (bicyclic) bond motifs is 1. The van der Waals surface area contributed by atoms with E-state index in [4.69, 9.17) is 11.6 Å². The molecule has 0 aliphatic carbocycles. The Morgan fingerprint density at radius 1 is 0.923 bits per heavy atom. The van der Waals surface area contributed by atoms with Crippen molar-refractivity contribution in [1.29, 1.82) is 0 Å². The van der Waals surface area contributed by atoms with Gasteiger partial charge in [0, 0.05) is 39.3 Å². The molecule has 4 aromatic rings. The number of nitrogens with zero attached hydrogens (tertiary/aromatic N) is 1. The van der Waals surface area contributed by atoms with Crippen LogP contribution < -0.4 is 0 Å². The molecule has 0 radical (unpaired) electrons. The quantitative estimate of drug-likeness (QED) is 0.345. The summed E-state index contributed by atoms with van der Waals surface area (Å²) in [6, 6.07) is 23.1. The van der Waals surface area contributed by atoms with Crippen LogP contribution in [-0.2, 0) is 12.3 Å². The van der Waals surface area contributed by atoms with E-state index in [0.717, 1.165) is 28.4 Å². The Morgan fingerprint density at radius 2 is 1.73 bits per heavy atom. The SMILES string of the molecule is Fc1cccc(CSc2cn(Cc3ccccc3Cl)c3ccccc23)c1. The van der Waals surface area contributed by atoms with Crippen LogP contribution in [0.15, 0.2) is 83.9 Å². The van der Waals surface area contributed by atoms with E-state index in [1.54, 1.807) is 23.9 Å². The number of thioether (sulfide) groups is 1. The van der Waals surface area contributed by atoms with Crippen molar-refractivity contribution < 1.29 is 4.39 Å². The highest BCUT2D eigenvalue weighted by atomic mass is 35.5. The molecular formula is C22H17ClFNS. The van der Waals surface area contributed by atoms with Gasteiger partial charge in [-0.25, -0.2) is 4.39 Å². The number of halogens is 2. The lowest BCUT2D eigenvalue weighted by atomic mass is 10.2. The molecule has 0 spiro atoms. The zero-order valence-corrected chi connectivity index (χ0v) is 15.6. The second-order valence-corrected chi connectivity index (χ2v) is 7.57. The fraction of sp³-hybridized carbons (Fsp3) is 0.0909. The van der Waals surface area contributed by atoms with Gasteiger partial charge >= 0.3 is 0 Å².